The molecule has 2 aliphatic rings. The summed E-state index contributed by atoms with van der Waals surface area (Å²) in [5, 5.41) is 3.49. The molecule has 1 spiro atoms. The van der Waals surface area contributed by atoms with E-state index in [4.69, 9.17) is 9.73 Å². The summed E-state index contributed by atoms with van der Waals surface area (Å²) < 4.78 is 5.21. The van der Waals surface area contributed by atoms with Crippen LogP contribution in [0.4, 0.5) is 0 Å². The third-order valence-electron chi connectivity index (χ3n) is 5.56. The van der Waals surface area contributed by atoms with Gasteiger partial charge in [-0.25, -0.2) is 0 Å². The van der Waals surface area contributed by atoms with Gasteiger partial charge >= 0.3 is 0 Å². The average molecular weight is 329 g/mol. The number of hydrogen-bond acceptors (Lipinski definition) is 2. The lowest BCUT2D eigenvalue weighted by molar-refractivity contribution is 0.309. The molecule has 1 N–H and O–H groups in total. The average Bonchev–Trinajstić information content (AvgIpc) is 3.25. The van der Waals surface area contributed by atoms with Crippen molar-refractivity contribution in [1.82, 2.24) is 10.2 Å². The fraction of sp³-hybridized carbons (Fsp3) is 0.650. The Kier molecular flexibility index (Phi) is 5.64. The normalized spacial score (nSPS) is 19.9. The summed E-state index contributed by atoms with van der Waals surface area (Å²) in [6.45, 7) is 6.28. The molecule has 0 radical (unpaired) electrons. The number of aliphatic imine (C=N–C) groups is 1. The van der Waals surface area contributed by atoms with Crippen molar-refractivity contribution in [3.8, 4) is 5.75 Å². The van der Waals surface area contributed by atoms with Gasteiger partial charge in [0.15, 0.2) is 5.96 Å². The maximum Gasteiger partial charge on any atom is 0.193 e. The van der Waals surface area contributed by atoms with Crippen LogP contribution in [0.15, 0.2) is 29.3 Å². The fourth-order valence-corrected chi connectivity index (χ4v) is 4.16. The molecular formula is C20H31N3O. The Hall–Kier alpha value is -1.71. The quantitative estimate of drug-likeness (QED) is 0.664. The van der Waals surface area contributed by atoms with Crippen LogP contribution in [0, 0.1) is 5.41 Å². The number of rotatable bonds is 5. The molecule has 1 aromatic carbocycles. The van der Waals surface area contributed by atoms with Crippen LogP contribution in [0.1, 0.15) is 44.6 Å². The molecule has 0 amide bonds. The van der Waals surface area contributed by atoms with E-state index < -0.39 is 0 Å². The van der Waals surface area contributed by atoms with Crippen molar-refractivity contribution in [3.63, 3.8) is 0 Å². The number of nitrogens with one attached hydrogen (secondary N) is 1. The molecule has 1 aliphatic heterocycles. The van der Waals surface area contributed by atoms with Crippen molar-refractivity contribution < 1.29 is 4.74 Å². The van der Waals surface area contributed by atoms with Crippen LogP contribution in [0.2, 0.25) is 0 Å². The number of methoxy groups -OCH3 is 1. The monoisotopic (exact) mass is 329 g/mol. The first kappa shape index (κ1) is 17.1. The standard InChI is InChI=1S/C20H31N3O/c1-3-21-19(23-15-13-20(16-23)11-4-5-12-20)22-14-10-17-6-8-18(24-2)9-7-17/h6-9H,3-5,10-16H2,1-2H3,(H,21,22). The summed E-state index contributed by atoms with van der Waals surface area (Å²) in [7, 11) is 1.70. The maximum absolute atomic E-state index is 5.21. The van der Waals surface area contributed by atoms with E-state index in [0.29, 0.717) is 5.41 Å². The van der Waals surface area contributed by atoms with Gasteiger partial charge in [-0.1, -0.05) is 25.0 Å². The predicted octanol–water partition coefficient (Wildman–Crippen LogP) is 3.47. The molecule has 3 rings (SSSR count). The third kappa shape index (κ3) is 4.03. The summed E-state index contributed by atoms with van der Waals surface area (Å²) in [6.07, 6.45) is 7.97. The Morgan fingerprint density at radius 3 is 2.62 bits per heavy atom. The van der Waals surface area contributed by atoms with E-state index in [1.54, 1.807) is 7.11 Å². The molecule has 1 saturated carbocycles. The highest BCUT2D eigenvalue weighted by Crippen LogP contribution is 2.45. The SMILES string of the molecule is CCNC(=NCCc1ccc(OC)cc1)N1CCC2(CCCC2)C1. The minimum Gasteiger partial charge on any atom is -0.497 e. The first-order valence-electron chi connectivity index (χ1n) is 9.41. The van der Waals surface area contributed by atoms with Crippen LogP contribution < -0.4 is 10.1 Å². The summed E-state index contributed by atoms with van der Waals surface area (Å²) in [6, 6.07) is 8.30. The summed E-state index contributed by atoms with van der Waals surface area (Å²) in [4.78, 5) is 7.38. The maximum atomic E-state index is 5.21. The van der Waals surface area contributed by atoms with E-state index >= 15 is 0 Å². The van der Waals surface area contributed by atoms with Gasteiger partial charge in [0.2, 0.25) is 0 Å². The first-order chi connectivity index (χ1) is 11.7. The van der Waals surface area contributed by atoms with Crippen molar-refractivity contribution >= 4 is 5.96 Å². The Morgan fingerprint density at radius 1 is 1.21 bits per heavy atom. The molecule has 1 aliphatic carbocycles. The second-order valence-corrected chi connectivity index (χ2v) is 7.21. The molecule has 4 heteroatoms. The highest BCUT2D eigenvalue weighted by atomic mass is 16.5. The number of guanidine groups is 1. The number of hydrogen-bond donors (Lipinski definition) is 1. The highest BCUT2D eigenvalue weighted by Gasteiger charge is 2.41. The fourth-order valence-electron chi connectivity index (χ4n) is 4.16. The zero-order chi connectivity index (χ0) is 16.8. The van der Waals surface area contributed by atoms with Crippen molar-refractivity contribution in [3.05, 3.63) is 29.8 Å². The first-order valence-corrected chi connectivity index (χ1v) is 9.41. The molecule has 24 heavy (non-hydrogen) atoms. The van der Waals surface area contributed by atoms with Crippen LogP contribution in [0.25, 0.3) is 0 Å². The van der Waals surface area contributed by atoms with Gasteiger partial charge in [0.05, 0.1) is 7.11 Å². The van der Waals surface area contributed by atoms with E-state index in [-0.39, 0.29) is 0 Å². The van der Waals surface area contributed by atoms with Crippen molar-refractivity contribution in [2.75, 3.05) is 33.3 Å². The van der Waals surface area contributed by atoms with E-state index in [0.717, 1.165) is 37.8 Å². The van der Waals surface area contributed by atoms with E-state index in [2.05, 4.69) is 29.3 Å². The Balaban J connectivity index is 1.57. The molecule has 0 aromatic heterocycles. The van der Waals surface area contributed by atoms with Crippen molar-refractivity contribution in [2.24, 2.45) is 10.4 Å². The number of nitrogens with zero attached hydrogens (tertiary/aromatic N) is 2. The second kappa shape index (κ2) is 7.91. The summed E-state index contributed by atoms with van der Waals surface area (Å²) in [5.41, 5.74) is 1.90. The number of likely N-dealkylation sites (tertiary alicyclic amines) is 1. The van der Waals surface area contributed by atoms with Gasteiger partial charge in [0.25, 0.3) is 0 Å². The van der Waals surface area contributed by atoms with Crippen molar-refractivity contribution in [2.45, 2.75) is 45.4 Å². The minimum atomic E-state index is 0.589. The van der Waals surface area contributed by atoms with Gasteiger partial charge in [0.1, 0.15) is 5.75 Å². The zero-order valence-corrected chi connectivity index (χ0v) is 15.2. The lowest BCUT2D eigenvalue weighted by Gasteiger charge is -2.26. The molecule has 1 heterocycles. The van der Waals surface area contributed by atoms with Crippen LogP contribution in [-0.2, 0) is 6.42 Å². The number of benzene rings is 1. The predicted molar refractivity (Wildman–Crippen MR) is 99.8 cm³/mol. The van der Waals surface area contributed by atoms with E-state index in [1.807, 2.05) is 12.1 Å². The minimum absolute atomic E-state index is 0.589. The molecule has 1 aromatic rings. The molecule has 4 nitrogen and oxygen atoms in total. The highest BCUT2D eigenvalue weighted by molar-refractivity contribution is 5.80. The second-order valence-electron chi connectivity index (χ2n) is 7.21. The van der Waals surface area contributed by atoms with Gasteiger partial charge < -0.3 is 15.0 Å². The van der Waals surface area contributed by atoms with Crippen molar-refractivity contribution in [1.29, 1.82) is 0 Å². The third-order valence-corrected chi connectivity index (χ3v) is 5.56. The van der Waals surface area contributed by atoms with Gasteiger partial charge in [-0.3, -0.25) is 4.99 Å². The topological polar surface area (TPSA) is 36.9 Å². The molecule has 0 bridgehead atoms. The molecule has 132 valence electrons. The zero-order valence-electron chi connectivity index (χ0n) is 15.2. The summed E-state index contributed by atoms with van der Waals surface area (Å²) >= 11 is 0. The largest absolute Gasteiger partial charge is 0.497 e. The van der Waals surface area contributed by atoms with Crippen LogP contribution in [-0.4, -0.2) is 44.1 Å². The Morgan fingerprint density at radius 2 is 1.96 bits per heavy atom. The Bertz CT molecular complexity index is 547. The van der Waals surface area contributed by atoms with Gasteiger partial charge in [-0.15, -0.1) is 0 Å². The van der Waals surface area contributed by atoms with Gasteiger partial charge in [0, 0.05) is 26.2 Å². The molecule has 2 fully saturated rings. The van der Waals surface area contributed by atoms with Crippen LogP contribution in [0.5, 0.6) is 5.75 Å². The van der Waals surface area contributed by atoms with Crippen LogP contribution >= 0.6 is 0 Å². The van der Waals surface area contributed by atoms with Gasteiger partial charge in [-0.2, -0.15) is 0 Å². The van der Waals surface area contributed by atoms with Gasteiger partial charge in [-0.05, 0) is 55.7 Å². The lowest BCUT2D eigenvalue weighted by atomic mass is 9.86. The van der Waals surface area contributed by atoms with E-state index in [9.17, 15) is 0 Å². The number of ether oxygens (including phenoxy) is 1. The molecule has 1 saturated heterocycles. The summed E-state index contributed by atoms with van der Waals surface area (Å²) in [5.74, 6) is 2.02. The molecule has 0 unspecified atom stereocenters. The van der Waals surface area contributed by atoms with Crippen LogP contribution in [0.3, 0.4) is 0 Å². The Labute approximate surface area is 146 Å². The van der Waals surface area contributed by atoms with E-state index in [1.165, 1.54) is 44.2 Å². The lowest BCUT2D eigenvalue weighted by Crippen LogP contribution is -2.41. The smallest absolute Gasteiger partial charge is 0.193 e. The molecular weight excluding hydrogens is 298 g/mol. The molecule has 0 atom stereocenters.